The Morgan fingerprint density at radius 3 is 2.47 bits per heavy atom. The number of benzene rings is 1. The van der Waals surface area contributed by atoms with Crippen molar-refractivity contribution in [1.29, 1.82) is 0 Å². The third kappa shape index (κ3) is 4.44. The molecule has 0 amide bonds. The van der Waals surface area contributed by atoms with Gasteiger partial charge in [0.2, 0.25) is 0 Å². The molecule has 3 nitrogen and oxygen atoms in total. The topological polar surface area (TPSA) is 46.2 Å². The molecule has 0 radical (unpaired) electrons. The fraction of sp³-hybridized carbons (Fsp3) is 0.538. The predicted octanol–water partition coefficient (Wildman–Crippen LogP) is 2.89. The monoisotopic (exact) mass is 307 g/mol. The largest absolute Gasteiger partial charge is 0.313 e. The molecular weight excluding hydrogens is 289 g/mol. The molecule has 1 unspecified atom stereocenters. The zero-order valence-electron chi connectivity index (χ0n) is 11.3. The first kappa shape index (κ1) is 16.4. The van der Waals surface area contributed by atoms with Crippen molar-refractivity contribution >= 4 is 21.4 Å². The normalized spacial score (nSPS) is 13.8. The van der Waals surface area contributed by atoms with Crippen molar-refractivity contribution in [2.75, 3.05) is 12.3 Å². The summed E-state index contributed by atoms with van der Waals surface area (Å²) in [5.41, 5.74) is 0. The zero-order chi connectivity index (χ0) is 14.6. The van der Waals surface area contributed by atoms with Crippen LogP contribution in [0.15, 0.2) is 23.1 Å². The van der Waals surface area contributed by atoms with E-state index >= 15 is 0 Å². The summed E-state index contributed by atoms with van der Waals surface area (Å²) >= 11 is 5.63. The second-order valence-corrected chi connectivity index (χ2v) is 7.21. The molecule has 1 atom stereocenters. The molecular formula is C13H19ClFNO2S. The minimum Gasteiger partial charge on any atom is -0.313 e. The van der Waals surface area contributed by atoms with Crippen LogP contribution in [-0.2, 0) is 9.84 Å². The smallest absolute Gasteiger partial charge is 0.179 e. The van der Waals surface area contributed by atoms with Crippen LogP contribution in [-0.4, -0.2) is 26.8 Å². The highest BCUT2D eigenvalue weighted by Gasteiger charge is 2.23. The maximum absolute atomic E-state index is 13.1. The van der Waals surface area contributed by atoms with Crippen molar-refractivity contribution in [3.05, 3.63) is 29.0 Å². The second-order valence-electron chi connectivity index (χ2n) is 4.77. The molecule has 0 aliphatic carbocycles. The Labute approximate surface area is 119 Å². The highest BCUT2D eigenvalue weighted by Crippen LogP contribution is 2.21. The number of nitrogens with one attached hydrogen (secondary N) is 1. The molecule has 0 aromatic heterocycles. The molecule has 0 fully saturated rings. The van der Waals surface area contributed by atoms with Gasteiger partial charge < -0.3 is 5.32 Å². The quantitative estimate of drug-likeness (QED) is 0.822. The van der Waals surface area contributed by atoms with Crippen molar-refractivity contribution in [2.45, 2.75) is 31.7 Å². The summed E-state index contributed by atoms with van der Waals surface area (Å²) in [5, 5.41) is 2.97. The number of sulfone groups is 1. The molecule has 0 saturated heterocycles. The van der Waals surface area contributed by atoms with Crippen molar-refractivity contribution in [3.63, 3.8) is 0 Å². The summed E-state index contributed by atoms with van der Waals surface area (Å²) in [6.07, 6.45) is 0. The van der Waals surface area contributed by atoms with Gasteiger partial charge in [-0.15, -0.1) is 0 Å². The summed E-state index contributed by atoms with van der Waals surface area (Å²) in [7, 11) is -3.48. The maximum Gasteiger partial charge on any atom is 0.179 e. The van der Waals surface area contributed by atoms with Crippen LogP contribution in [0.2, 0.25) is 5.02 Å². The Morgan fingerprint density at radius 1 is 1.37 bits per heavy atom. The number of hydrogen-bond acceptors (Lipinski definition) is 3. The molecule has 0 heterocycles. The van der Waals surface area contributed by atoms with Gasteiger partial charge in [-0.25, -0.2) is 12.8 Å². The molecule has 1 N–H and O–H groups in total. The SMILES string of the molecule is CCNC(CS(=O)(=O)c1ccc(F)c(Cl)c1)C(C)C. The Morgan fingerprint density at radius 2 is 2.00 bits per heavy atom. The molecule has 1 aromatic rings. The van der Waals surface area contributed by atoms with E-state index in [1.54, 1.807) is 0 Å². The van der Waals surface area contributed by atoms with Gasteiger partial charge in [-0.1, -0.05) is 32.4 Å². The van der Waals surface area contributed by atoms with Gasteiger partial charge in [0.05, 0.1) is 15.7 Å². The standard InChI is InChI=1S/C13H19ClFNO2S/c1-4-16-13(9(2)3)8-19(17,18)10-5-6-12(15)11(14)7-10/h5-7,9,13,16H,4,8H2,1-3H3. The molecule has 1 rings (SSSR count). The summed E-state index contributed by atoms with van der Waals surface area (Å²) in [6, 6.07) is 3.35. The van der Waals surface area contributed by atoms with Gasteiger partial charge in [0.25, 0.3) is 0 Å². The summed E-state index contributed by atoms with van der Waals surface area (Å²) < 4.78 is 37.6. The van der Waals surface area contributed by atoms with Crippen molar-refractivity contribution in [2.24, 2.45) is 5.92 Å². The summed E-state index contributed by atoms with van der Waals surface area (Å²) in [6.45, 7) is 6.54. The number of rotatable bonds is 6. The number of halogens is 2. The minimum absolute atomic E-state index is 0.0273. The fourth-order valence-electron chi connectivity index (χ4n) is 1.75. The highest BCUT2D eigenvalue weighted by molar-refractivity contribution is 7.91. The van der Waals surface area contributed by atoms with Crippen LogP contribution in [0.4, 0.5) is 4.39 Å². The van der Waals surface area contributed by atoms with Crippen LogP contribution in [0.25, 0.3) is 0 Å². The number of hydrogen-bond donors (Lipinski definition) is 1. The lowest BCUT2D eigenvalue weighted by atomic mass is 10.1. The van der Waals surface area contributed by atoms with E-state index in [1.165, 1.54) is 6.07 Å². The lowest BCUT2D eigenvalue weighted by Crippen LogP contribution is -2.39. The Hall–Kier alpha value is -0.650. The van der Waals surface area contributed by atoms with Crippen LogP contribution in [0, 0.1) is 11.7 Å². The molecule has 6 heteroatoms. The van der Waals surface area contributed by atoms with E-state index in [2.05, 4.69) is 5.32 Å². The third-order valence-corrected chi connectivity index (χ3v) is 4.98. The van der Waals surface area contributed by atoms with Gasteiger partial charge in [-0.2, -0.15) is 0 Å². The van der Waals surface area contributed by atoms with E-state index in [0.29, 0.717) is 6.54 Å². The van der Waals surface area contributed by atoms with E-state index in [1.807, 2.05) is 20.8 Å². The summed E-state index contributed by atoms with van der Waals surface area (Å²) in [5.74, 6) is -0.459. The van der Waals surface area contributed by atoms with Gasteiger partial charge in [0.1, 0.15) is 5.82 Å². The van der Waals surface area contributed by atoms with Gasteiger partial charge in [-0.3, -0.25) is 0 Å². The molecule has 108 valence electrons. The Kier molecular flexibility index (Phi) is 5.77. The van der Waals surface area contributed by atoms with E-state index in [9.17, 15) is 12.8 Å². The van der Waals surface area contributed by atoms with Crippen LogP contribution in [0.5, 0.6) is 0 Å². The van der Waals surface area contributed by atoms with Crippen molar-refractivity contribution in [1.82, 2.24) is 5.32 Å². The highest BCUT2D eigenvalue weighted by atomic mass is 35.5. The van der Waals surface area contributed by atoms with Crippen LogP contribution < -0.4 is 5.32 Å². The van der Waals surface area contributed by atoms with E-state index in [4.69, 9.17) is 11.6 Å². The molecule has 0 spiro atoms. The van der Waals surface area contributed by atoms with Crippen LogP contribution >= 0.6 is 11.6 Å². The van der Waals surface area contributed by atoms with Crippen molar-refractivity contribution < 1.29 is 12.8 Å². The lowest BCUT2D eigenvalue weighted by Gasteiger charge is -2.21. The van der Waals surface area contributed by atoms with Crippen LogP contribution in [0.1, 0.15) is 20.8 Å². The fourth-order valence-corrected chi connectivity index (χ4v) is 3.74. The van der Waals surface area contributed by atoms with Crippen molar-refractivity contribution in [3.8, 4) is 0 Å². The van der Waals surface area contributed by atoms with Gasteiger partial charge in [0, 0.05) is 6.04 Å². The summed E-state index contributed by atoms with van der Waals surface area (Å²) in [4.78, 5) is 0.0578. The molecule has 0 saturated carbocycles. The Balaban J connectivity index is 2.99. The van der Waals surface area contributed by atoms with Crippen LogP contribution in [0.3, 0.4) is 0 Å². The molecule has 0 aliphatic heterocycles. The third-order valence-electron chi connectivity index (χ3n) is 2.92. The zero-order valence-corrected chi connectivity index (χ0v) is 12.9. The van der Waals surface area contributed by atoms with Gasteiger partial charge in [-0.05, 0) is 30.7 Å². The molecule has 0 aliphatic rings. The lowest BCUT2D eigenvalue weighted by molar-refractivity contribution is 0.435. The first-order valence-corrected chi connectivity index (χ1v) is 8.22. The first-order chi connectivity index (χ1) is 8.77. The predicted molar refractivity (Wildman–Crippen MR) is 75.8 cm³/mol. The molecule has 19 heavy (non-hydrogen) atoms. The minimum atomic E-state index is -3.48. The first-order valence-electron chi connectivity index (χ1n) is 6.19. The average molecular weight is 308 g/mol. The van der Waals surface area contributed by atoms with Gasteiger partial charge >= 0.3 is 0 Å². The Bertz CT molecular complexity index is 531. The van der Waals surface area contributed by atoms with E-state index < -0.39 is 15.7 Å². The van der Waals surface area contributed by atoms with E-state index in [-0.39, 0.29) is 27.6 Å². The molecule has 0 bridgehead atoms. The second kappa shape index (κ2) is 6.68. The van der Waals surface area contributed by atoms with E-state index in [0.717, 1.165) is 12.1 Å². The molecule has 1 aromatic carbocycles. The maximum atomic E-state index is 13.1. The average Bonchev–Trinajstić information content (AvgIpc) is 2.31. The van der Waals surface area contributed by atoms with Gasteiger partial charge in [0.15, 0.2) is 9.84 Å².